The number of carbonyl (C=O) groups excluding carboxylic acids is 1. The average molecular weight is 547 g/mol. The quantitative estimate of drug-likeness (QED) is 0.252. The second-order valence-corrected chi connectivity index (χ2v) is 12.4. The van der Waals surface area contributed by atoms with Crippen molar-refractivity contribution in [3.8, 4) is 0 Å². The van der Waals surface area contributed by atoms with Gasteiger partial charge < -0.3 is 10.1 Å². The van der Waals surface area contributed by atoms with Crippen LogP contribution < -0.4 is 10.0 Å². The molecule has 0 bridgehead atoms. The predicted molar refractivity (Wildman–Crippen MR) is 128 cm³/mol. The van der Waals surface area contributed by atoms with Gasteiger partial charge in [-0.15, -0.1) is 0 Å². The number of hydrogen-bond acceptors (Lipinski definition) is 8. The zero-order chi connectivity index (χ0) is 26.0. The Morgan fingerprint density at radius 2 is 1.57 bits per heavy atom. The molecule has 0 radical (unpaired) electrons. The summed E-state index contributed by atoms with van der Waals surface area (Å²) in [6.07, 6.45) is 3.93. The Morgan fingerprint density at radius 1 is 0.971 bits per heavy atom. The van der Waals surface area contributed by atoms with Gasteiger partial charge in [0.25, 0.3) is 21.5 Å². The van der Waals surface area contributed by atoms with Crippen molar-refractivity contribution in [2.75, 3.05) is 17.1 Å². The Kier molecular flexibility index (Phi) is 7.68. The van der Waals surface area contributed by atoms with Gasteiger partial charge >= 0.3 is 10.1 Å². The van der Waals surface area contributed by atoms with E-state index in [9.17, 15) is 34.6 Å². The highest BCUT2D eigenvalue weighted by Crippen LogP contribution is 2.31. The summed E-state index contributed by atoms with van der Waals surface area (Å²) in [7, 11) is -12.1. The number of amides is 1. The van der Waals surface area contributed by atoms with Crippen molar-refractivity contribution in [2.45, 2.75) is 28.4 Å². The van der Waals surface area contributed by atoms with Crippen LogP contribution in [0.1, 0.15) is 24.0 Å². The summed E-state index contributed by atoms with van der Waals surface area (Å²) in [6.45, 7) is 0. The predicted octanol–water partition coefficient (Wildman–Crippen LogP) is 1.81. The zero-order valence-corrected chi connectivity index (χ0v) is 20.6. The van der Waals surface area contributed by atoms with Crippen molar-refractivity contribution in [1.29, 1.82) is 0 Å². The molecular weight excluding hydrogens is 524 g/mol. The Bertz CT molecular complexity index is 1460. The molecule has 15 heteroatoms. The summed E-state index contributed by atoms with van der Waals surface area (Å²) >= 11 is 0. The van der Waals surface area contributed by atoms with Crippen molar-refractivity contribution in [3.63, 3.8) is 0 Å². The van der Waals surface area contributed by atoms with Crippen LogP contribution in [0.15, 0.2) is 47.4 Å². The Hall–Kier alpha value is -2.82. The van der Waals surface area contributed by atoms with E-state index in [1.807, 2.05) is 0 Å². The number of benzene rings is 2. The fraction of sp³-hybridized carbons (Fsp3) is 0.250. The molecule has 190 valence electrons. The van der Waals surface area contributed by atoms with Crippen molar-refractivity contribution >= 4 is 59.7 Å². The number of methoxy groups -OCH3 is 1. The molecule has 0 aromatic heterocycles. The largest absolute Gasteiger partial charge is 0.355 e. The van der Waals surface area contributed by atoms with Gasteiger partial charge in [0.1, 0.15) is 4.90 Å². The summed E-state index contributed by atoms with van der Waals surface area (Å²) in [5.41, 5.74) is -1.27. The molecule has 0 saturated heterocycles. The minimum Gasteiger partial charge on any atom is -0.355 e. The SMILES string of the molecule is COC(C(=O)Nc1ccc(/C=C/c2ccc(NS(=O)(=O)C3CC3)cc2S(=O)(=O)O)cc1)S(=O)(=O)O. The Balaban J connectivity index is 1.78. The molecule has 1 saturated carbocycles. The Morgan fingerprint density at radius 3 is 2.09 bits per heavy atom. The lowest BCUT2D eigenvalue weighted by Crippen LogP contribution is -2.36. The topological polar surface area (TPSA) is 193 Å². The third-order valence-corrected chi connectivity index (χ3v) is 8.57. The molecule has 2 aromatic carbocycles. The van der Waals surface area contributed by atoms with Gasteiger partial charge in [-0.25, -0.2) is 8.42 Å². The van der Waals surface area contributed by atoms with Crippen LogP contribution in [0.25, 0.3) is 12.2 Å². The van der Waals surface area contributed by atoms with E-state index in [2.05, 4.69) is 14.8 Å². The van der Waals surface area contributed by atoms with Gasteiger partial charge in [0.05, 0.1) is 5.25 Å². The normalized spacial score (nSPS) is 15.6. The molecule has 35 heavy (non-hydrogen) atoms. The lowest BCUT2D eigenvalue weighted by Gasteiger charge is -2.12. The number of carbonyl (C=O) groups is 1. The zero-order valence-electron chi connectivity index (χ0n) is 18.2. The number of sulfonamides is 1. The molecule has 1 aliphatic carbocycles. The third-order valence-electron chi connectivity index (χ3n) is 4.85. The third kappa shape index (κ3) is 7.09. The molecule has 2 aromatic rings. The number of rotatable bonds is 10. The first kappa shape index (κ1) is 26.8. The molecule has 12 nitrogen and oxygen atoms in total. The summed E-state index contributed by atoms with van der Waals surface area (Å²) in [5, 5.41) is 1.75. The lowest BCUT2D eigenvalue weighted by molar-refractivity contribution is -0.121. The van der Waals surface area contributed by atoms with Gasteiger partial charge in [-0.2, -0.15) is 16.8 Å². The van der Waals surface area contributed by atoms with E-state index in [1.165, 1.54) is 48.6 Å². The van der Waals surface area contributed by atoms with Crippen LogP contribution in [-0.2, 0) is 39.8 Å². The van der Waals surface area contributed by atoms with Crippen molar-refractivity contribution in [1.82, 2.24) is 0 Å². The van der Waals surface area contributed by atoms with Crippen molar-refractivity contribution in [2.24, 2.45) is 0 Å². The highest BCUT2D eigenvalue weighted by molar-refractivity contribution is 7.93. The van der Waals surface area contributed by atoms with Gasteiger partial charge in [-0.3, -0.25) is 18.6 Å². The van der Waals surface area contributed by atoms with E-state index in [-0.39, 0.29) is 16.9 Å². The van der Waals surface area contributed by atoms with E-state index < -0.39 is 51.7 Å². The minimum absolute atomic E-state index is 0.000950. The second-order valence-electron chi connectivity index (χ2n) is 7.60. The first-order chi connectivity index (χ1) is 16.2. The molecule has 1 fully saturated rings. The van der Waals surface area contributed by atoms with Gasteiger partial charge in [0, 0.05) is 18.5 Å². The van der Waals surface area contributed by atoms with Crippen LogP contribution in [0.3, 0.4) is 0 Å². The fourth-order valence-electron chi connectivity index (χ4n) is 3.01. The Labute approximate surface area is 202 Å². The van der Waals surface area contributed by atoms with Crippen LogP contribution >= 0.6 is 0 Å². The molecule has 1 atom stereocenters. The standard InChI is InChI=1S/C20H22N2O10S3/c1-32-20(35(29,30)31)19(23)21-15-7-3-13(4-8-15)2-5-14-6-9-16(12-18(14)34(26,27)28)22-33(24,25)17-10-11-17/h2-9,12,17,20,22H,10-11H2,1H3,(H,21,23)(H,26,27,28)(H,29,30,31)/b5-2+. The smallest absolute Gasteiger partial charge is 0.301 e. The summed E-state index contributed by atoms with van der Waals surface area (Å²) in [4.78, 5) is 11.5. The number of nitrogens with one attached hydrogen (secondary N) is 2. The fourth-order valence-corrected chi connectivity index (χ4v) is 5.67. The number of ether oxygens (including phenoxy) is 1. The van der Waals surface area contributed by atoms with Gasteiger partial charge in [-0.05, 0) is 48.2 Å². The number of hydrogen-bond donors (Lipinski definition) is 4. The van der Waals surface area contributed by atoms with Gasteiger partial charge in [-0.1, -0.05) is 30.4 Å². The summed E-state index contributed by atoms with van der Waals surface area (Å²) < 4.78 is 95.6. The summed E-state index contributed by atoms with van der Waals surface area (Å²) in [5.74, 6) is -1.10. The van der Waals surface area contributed by atoms with Gasteiger partial charge in [0.2, 0.25) is 10.0 Å². The van der Waals surface area contributed by atoms with Crippen LogP contribution in [0.2, 0.25) is 0 Å². The van der Waals surface area contributed by atoms with Crippen molar-refractivity contribution in [3.05, 3.63) is 53.6 Å². The monoisotopic (exact) mass is 546 g/mol. The first-order valence-electron chi connectivity index (χ1n) is 9.92. The molecule has 1 unspecified atom stereocenters. The highest BCUT2D eigenvalue weighted by Gasteiger charge is 2.36. The van der Waals surface area contributed by atoms with E-state index >= 15 is 0 Å². The lowest BCUT2D eigenvalue weighted by atomic mass is 10.1. The van der Waals surface area contributed by atoms with E-state index in [0.717, 1.165) is 13.2 Å². The molecular formula is C20H22N2O10S3. The van der Waals surface area contributed by atoms with E-state index in [1.54, 1.807) is 0 Å². The van der Waals surface area contributed by atoms with Crippen LogP contribution in [0, 0.1) is 0 Å². The first-order valence-corrected chi connectivity index (χ1v) is 14.4. The van der Waals surface area contributed by atoms with Crippen LogP contribution in [-0.4, -0.2) is 58.1 Å². The molecule has 3 rings (SSSR count). The maximum Gasteiger partial charge on any atom is 0.301 e. The second kappa shape index (κ2) is 10.0. The molecule has 1 aliphatic rings. The average Bonchev–Trinajstić information content (AvgIpc) is 3.58. The highest BCUT2D eigenvalue weighted by atomic mass is 32.2. The van der Waals surface area contributed by atoms with Gasteiger partial charge in [0.15, 0.2) is 0 Å². The number of anilines is 2. The van der Waals surface area contributed by atoms with Crippen LogP contribution in [0.5, 0.6) is 0 Å². The minimum atomic E-state index is -4.77. The molecule has 0 aliphatic heterocycles. The van der Waals surface area contributed by atoms with E-state index in [4.69, 9.17) is 4.55 Å². The molecule has 4 N–H and O–H groups in total. The maximum atomic E-state index is 12.1. The molecule has 1 amide bonds. The summed E-state index contributed by atoms with van der Waals surface area (Å²) in [6, 6.07) is 9.61. The van der Waals surface area contributed by atoms with Crippen molar-refractivity contribution < 1.29 is 43.9 Å². The maximum absolute atomic E-state index is 12.1. The molecule has 0 heterocycles. The van der Waals surface area contributed by atoms with Crippen LogP contribution in [0.4, 0.5) is 11.4 Å². The molecule has 0 spiro atoms. The van der Waals surface area contributed by atoms with E-state index in [0.29, 0.717) is 18.4 Å².